The Morgan fingerprint density at radius 3 is 2.31 bits per heavy atom. The molecule has 9 heteroatoms. The van der Waals surface area contributed by atoms with Gasteiger partial charge in [0.05, 0.1) is 4.90 Å². The lowest BCUT2D eigenvalue weighted by atomic mass is 10.2. The Labute approximate surface area is 161 Å². The number of benzene rings is 1. The Morgan fingerprint density at radius 2 is 1.73 bits per heavy atom. The van der Waals surface area contributed by atoms with Crippen LogP contribution in [-0.4, -0.2) is 87.8 Å². The SMILES string of the molecule is CN(C)S(=O)(=O)c1ccc(C(=O)N2CCC(N3CCNCC3)C2)cc1.Cl. The van der Waals surface area contributed by atoms with Crippen molar-refractivity contribution in [3.63, 3.8) is 0 Å². The summed E-state index contributed by atoms with van der Waals surface area (Å²) in [5, 5.41) is 3.35. The minimum atomic E-state index is -3.47. The Bertz CT molecular complexity index is 718. The van der Waals surface area contributed by atoms with Gasteiger partial charge in [-0.15, -0.1) is 12.4 Å². The Kier molecular flexibility index (Phi) is 7.04. The zero-order valence-corrected chi connectivity index (χ0v) is 16.9. The van der Waals surface area contributed by atoms with Crippen LogP contribution in [0.5, 0.6) is 0 Å². The summed E-state index contributed by atoms with van der Waals surface area (Å²) in [6, 6.07) is 6.66. The molecule has 0 bridgehead atoms. The monoisotopic (exact) mass is 402 g/mol. The molecule has 2 aliphatic rings. The van der Waals surface area contributed by atoms with Gasteiger partial charge in [-0.25, -0.2) is 12.7 Å². The Hall–Kier alpha value is -1.19. The van der Waals surface area contributed by atoms with E-state index in [9.17, 15) is 13.2 Å². The molecule has 1 unspecified atom stereocenters. The van der Waals surface area contributed by atoms with Crippen LogP contribution >= 0.6 is 12.4 Å². The first kappa shape index (κ1) is 21.1. The average Bonchev–Trinajstić information content (AvgIpc) is 3.12. The van der Waals surface area contributed by atoms with Crippen molar-refractivity contribution in [1.29, 1.82) is 0 Å². The zero-order chi connectivity index (χ0) is 18.0. The van der Waals surface area contributed by atoms with Crippen LogP contribution in [0.25, 0.3) is 0 Å². The third kappa shape index (κ3) is 4.37. The fraction of sp³-hybridized carbons (Fsp3) is 0.588. The molecule has 7 nitrogen and oxygen atoms in total. The Morgan fingerprint density at radius 1 is 1.12 bits per heavy atom. The van der Waals surface area contributed by atoms with E-state index in [1.54, 1.807) is 12.1 Å². The lowest BCUT2D eigenvalue weighted by molar-refractivity contribution is 0.0773. The molecule has 2 aliphatic heterocycles. The highest BCUT2D eigenvalue weighted by Gasteiger charge is 2.31. The second-order valence-corrected chi connectivity index (χ2v) is 8.94. The standard InChI is InChI=1S/C17H26N4O3S.ClH/c1-19(2)25(23,24)16-5-3-14(4-6-16)17(22)21-10-7-15(13-21)20-11-8-18-9-12-20;/h3-6,15,18H,7-13H2,1-2H3;1H. The summed E-state index contributed by atoms with van der Waals surface area (Å²) in [6.45, 7) is 5.58. The molecule has 0 radical (unpaired) electrons. The van der Waals surface area contributed by atoms with Crippen molar-refractivity contribution >= 4 is 28.3 Å². The van der Waals surface area contributed by atoms with E-state index in [4.69, 9.17) is 0 Å². The van der Waals surface area contributed by atoms with E-state index in [2.05, 4.69) is 10.2 Å². The largest absolute Gasteiger partial charge is 0.337 e. The lowest BCUT2D eigenvalue weighted by Crippen LogP contribution is -2.49. The van der Waals surface area contributed by atoms with E-state index in [1.807, 2.05) is 4.90 Å². The van der Waals surface area contributed by atoms with Crippen LogP contribution in [0.4, 0.5) is 0 Å². The predicted octanol–water partition coefficient (Wildman–Crippen LogP) is 0.478. The topological polar surface area (TPSA) is 73.0 Å². The van der Waals surface area contributed by atoms with E-state index in [0.717, 1.165) is 45.7 Å². The van der Waals surface area contributed by atoms with Crippen molar-refractivity contribution in [3.05, 3.63) is 29.8 Å². The van der Waals surface area contributed by atoms with Crippen molar-refractivity contribution in [1.82, 2.24) is 19.4 Å². The van der Waals surface area contributed by atoms with Crippen molar-refractivity contribution in [2.75, 3.05) is 53.4 Å². The molecule has 1 aromatic rings. The minimum Gasteiger partial charge on any atom is -0.337 e. The molecule has 1 N–H and O–H groups in total. The maximum atomic E-state index is 12.7. The molecular formula is C17H27ClN4O3S. The first-order valence-electron chi connectivity index (χ1n) is 8.66. The highest BCUT2D eigenvalue weighted by Crippen LogP contribution is 2.20. The molecule has 0 saturated carbocycles. The van der Waals surface area contributed by atoms with Crippen molar-refractivity contribution in [3.8, 4) is 0 Å². The number of amides is 1. The first-order valence-corrected chi connectivity index (χ1v) is 10.1. The maximum Gasteiger partial charge on any atom is 0.253 e. The molecule has 0 aliphatic carbocycles. The number of nitrogens with zero attached hydrogens (tertiary/aromatic N) is 3. The third-order valence-electron chi connectivity index (χ3n) is 5.00. The van der Waals surface area contributed by atoms with Gasteiger partial charge >= 0.3 is 0 Å². The van der Waals surface area contributed by atoms with E-state index < -0.39 is 10.0 Å². The fourth-order valence-electron chi connectivity index (χ4n) is 3.43. The summed E-state index contributed by atoms with van der Waals surface area (Å²) in [7, 11) is -0.476. The van der Waals surface area contributed by atoms with Crippen LogP contribution in [0.1, 0.15) is 16.8 Å². The summed E-state index contributed by atoms with van der Waals surface area (Å²) < 4.78 is 25.4. The molecule has 26 heavy (non-hydrogen) atoms. The van der Waals surface area contributed by atoms with Crippen LogP contribution < -0.4 is 5.32 Å². The van der Waals surface area contributed by atoms with Gasteiger partial charge in [0.1, 0.15) is 0 Å². The quantitative estimate of drug-likeness (QED) is 0.793. The molecule has 2 fully saturated rings. The number of carbonyl (C=O) groups excluding carboxylic acids is 1. The zero-order valence-electron chi connectivity index (χ0n) is 15.2. The van der Waals surface area contributed by atoms with Crippen LogP contribution in [0.3, 0.4) is 0 Å². The molecule has 1 aromatic carbocycles. The van der Waals surface area contributed by atoms with Gasteiger partial charge in [-0.1, -0.05) is 0 Å². The van der Waals surface area contributed by atoms with Crippen LogP contribution in [-0.2, 0) is 10.0 Å². The van der Waals surface area contributed by atoms with E-state index >= 15 is 0 Å². The second-order valence-electron chi connectivity index (χ2n) is 6.79. The van der Waals surface area contributed by atoms with Crippen LogP contribution in [0.15, 0.2) is 29.2 Å². The van der Waals surface area contributed by atoms with Crippen molar-refractivity contribution < 1.29 is 13.2 Å². The van der Waals surface area contributed by atoms with Gasteiger partial charge in [-0.05, 0) is 30.7 Å². The predicted molar refractivity (Wildman–Crippen MR) is 103 cm³/mol. The Balaban J connectivity index is 0.00000243. The van der Waals surface area contributed by atoms with Crippen LogP contribution in [0, 0.1) is 0 Å². The number of hydrogen-bond acceptors (Lipinski definition) is 5. The molecule has 1 atom stereocenters. The molecule has 3 rings (SSSR count). The lowest BCUT2D eigenvalue weighted by Gasteiger charge is -2.32. The van der Waals surface area contributed by atoms with Gasteiger partial charge in [-0.3, -0.25) is 9.69 Å². The summed E-state index contributed by atoms with van der Waals surface area (Å²) in [5.74, 6) is -0.0218. The molecule has 0 aromatic heterocycles. The van der Waals surface area contributed by atoms with Crippen LogP contribution in [0.2, 0.25) is 0 Å². The number of sulfonamides is 1. The van der Waals surface area contributed by atoms with E-state index in [0.29, 0.717) is 11.6 Å². The van der Waals surface area contributed by atoms with E-state index in [-0.39, 0.29) is 23.2 Å². The number of hydrogen-bond donors (Lipinski definition) is 1. The summed E-state index contributed by atoms with van der Waals surface area (Å²) in [4.78, 5) is 17.2. The smallest absolute Gasteiger partial charge is 0.253 e. The highest BCUT2D eigenvalue weighted by molar-refractivity contribution is 7.89. The molecule has 2 saturated heterocycles. The molecule has 0 spiro atoms. The molecule has 1 amide bonds. The van der Waals surface area contributed by atoms with Crippen molar-refractivity contribution in [2.24, 2.45) is 0 Å². The normalized spacial score (nSPS) is 21.7. The van der Waals surface area contributed by atoms with Gasteiger partial charge in [0.15, 0.2) is 0 Å². The second kappa shape index (κ2) is 8.67. The van der Waals surface area contributed by atoms with E-state index in [1.165, 1.54) is 30.5 Å². The molecular weight excluding hydrogens is 376 g/mol. The number of halogens is 1. The maximum absolute atomic E-state index is 12.7. The third-order valence-corrected chi connectivity index (χ3v) is 6.83. The number of rotatable bonds is 4. The van der Waals surface area contributed by atoms with Gasteiger partial charge in [0.25, 0.3) is 5.91 Å². The highest BCUT2D eigenvalue weighted by atomic mass is 35.5. The minimum absolute atomic E-state index is 0. The fourth-order valence-corrected chi connectivity index (χ4v) is 4.34. The number of likely N-dealkylation sites (tertiary alicyclic amines) is 1. The first-order chi connectivity index (χ1) is 11.9. The van der Waals surface area contributed by atoms with Gasteiger partial charge in [0.2, 0.25) is 10.0 Å². The summed E-state index contributed by atoms with van der Waals surface area (Å²) >= 11 is 0. The van der Waals surface area contributed by atoms with Crippen molar-refractivity contribution in [2.45, 2.75) is 17.4 Å². The number of piperazine rings is 1. The number of carbonyl (C=O) groups is 1. The molecule has 2 heterocycles. The van der Waals surface area contributed by atoms with Gasteiger partial charge in [0, 0.05) is 65.0 Å². The van der Waals surface area contributed by atoms with Gasteiger partial charge < -0.3 is 10.2 Å². The summed E-state index contributed by atoms with van der Waals surface area (Å²) in [5.41, 5.74) is 0.540. The van der Waals surface area contributed by atoms with Gasteiger partial charge in [-0.2, -0.15) is 0 Å². The average molecular weight is 403 g/mol. The molecule has 146 valence electrons. The number of nitrogens with one attached hydrogen (secondary N) is 1. The summed E-state index contributed by atoms with van der Waals surface area (Å²) in [6.07, 6.45) is 0.999.